The summed E-state index contributed by atoms with van der Waals surface area (Å²) in [7, 11) is 1.76. The summed E-state index contributed by atoms with van der Waals surface area (Å²) in [6.07, 6.45) is 6.86. The number of amides is 1. The van der Waals surface area contributed by atoms with Gasteiger partial charge >= 0.3 is 0 Å². The van der Waals surface area contributed by atoms with Gasteiger partial charge in [-0.1, -0.05) is 34.1 Å². The molecule has 0 aliphatic rings. The average Bonchev–Trinajstić information content (AvgIpc) is 2.90. The van der Waals surface area contributed by atoms with Crippen molar-refractivity contribution < 1.29 is 4.79 Å². The molecular weight excluding hydrogens is 306 g/mol. The molecule has 0 unspecified atom stereocenters. The molecule has 0 fully saturated rings. The second-order valence-corrected chi connectivity index (χ2v) is 5.01. The van der Waals surface area contributed by atoms with Crippen LogP contribution in [0.2, 0.25) is 0 Å². The van der Waals surface area contributed by atoms with Gasteiger partial charge < -0.3 is 4.90 Å². The molecule has 2 rings (SSSR count). The first-order valence-electron chi connectivity index (χ1n) is 5.82. The van der Waals surface area contributed by atoms with E-state index in [2.05, 4.69) is 26.1 Å². The number of aromatic nitrogens is 2. The first kappa shape index (κ1) is 13.5. The zero-order chi connectivity index (χ0) is 13.7. The summed E-state index contributed by atoms with van der Waals surface area (Å²) in [5, 5.41) is 6.58. The second kappa shape index (κ2) is 6.33. The number of hydrogen-bond acceptors (Lipinski definition) is 2. The monoisotopic (exact) mass is 319 g/mol. The maximum atomic E-state index is 11.9. The van der Waals surface area contributed by atoms with E-state index in [-0.39, 0.29) is 5.91 Å². The number of carbonyl (C=O) groups is 1. The third-order valence-corrected chi connectivity index (χ3v) is 3.38. The summed E-state index contributed by atoms with van der Waals surface area (Å²) in [6.45, 7) is 0.537. The Morgan fingerprint density at radius 1 is 1.47 bits per heavy atom. The molecule has 5 heteroatoms. The lowest BCUT2D eigenvalue weighted by Crippen LogP contribution is -2.23. The van der Waals surface area contributed by atoms with Crippen molar-refractivity contribution in [1.29, 1.82) is 0 Å². The van der Waals surface area contributed by atoms with Crippen LogP contribution in [0.1, 0.15) is 11.1 Å². The molecule has 98 valence electrons. The van der Waals surface area contributed by atoms with Crippen molar-refractivity contribution >= 4 is 27.9 Å². The van der Waals surface area contributed by atoms with Crippen LogP contribution in [0.3, 0.4) is 0 Å². The molecule has 0 aliphatic heterocycles. The fourth-order valence-corrected chi connectivity index (χ4v) is 2.03. The van der Waals surface area contributed by atoms with Gasteiger partial charge in [0.2, 0.25) is 5.91 Å². The van der Waals surface area contributed by atoms with Crippen LogP contribution in [0.25, 0.3) is 6.08 Å². The lowest BCUT2D eigenvalue weighted by Gasteiger charge is -2.13. The van der Waals surface area contributed by atoms with Gasteiger partial charge in [-0.3, -0.25) is 9.89 Å². The topological polar surface area (TPSA) is 49.0 Å². The highest BCUT2D eigenvalue weighted by Crippen LogP contribution is 2.17. The Labute approximate surface area is 120 Å². The van der Waals surface area contributed by atoms with E-state index >= 15 is 0 Å². The van der Waals surface area contributed by atoms with Crippen molar-refractivity contribution in [2.24, 2.45) is 0 Å². The maximum absolute atomic E-state index is 11.9. The lowest BCUT2D eigenvalue weighted by atomic mass is 10.2. The Hall–Kier alpha value is -1.88. The number of benzene rings is 1. The van der Waals surface area contributed by atoms with Gasteiger partial charge in [-0.05, 0) is 17.7 Å². The predicted octanol–water partition coefficient (Wildman–Crippen LogP) is 2.84. The molecule has 1 heterocycles. The lowest BCUT2D eigenvalue weighted by molar-refractivity contribution is -0.125. The van der Waals surface area contributed by atoms with Crippen molar-refractivity contribution in [1.82, 2.24) is 15.1 Å². The van der Waals surface area contributed by atoms with Crippen LogP contribution in [0, 0.1) is 0 Å². The van der Waals surface area contributed by atoms with Crippen molar-refractivity contribution in [3.05, 3.63) is 58.3 Å². The molecular formula is C14H14BrN3O. The number of nitrogens with one attached hydrogen (secondary N) is 1. The van der Waals surface area contributed by atoms with Crippen molar-refractivity contribution in [2.45, 2.75) is 6.54 Å². The number of nitrogens with zero attached hydrogens (tertiary/aromatic N) is 2. The largest absolute Gasteiger partial charge is 0.338 e. The van der Waals surface area contributed by atoms with Crippen molar-refractivity contribution in [2.75, 3.05) is 7.05 Å². The van der Waals surface area contributed by atoms with Gasteiger partial charge in [-0.2, -0.15) is 5.10 Å². The SMILES string of the molecule is CN(Cc1cn[nH]c1)C(=O)C=Cc1ccccc1Br. The minimum Gasteiger partial charge on any atom is -0.338 e. The van der Waals surface area contributed by atoms with Gasteiger partial charge in [-0.25, -0.2) is 0 Å². The highest BCUT2D eigenvalue weighted by atomic mass is 79.9. The van der Waals surface area contributed by atoms with E-state index in [1.54, 1.807) is 36.5 Å². The van der Waals surface area contributed by atoms with Crippen LogP contribution < -0.4 is 0 Å². The molecule has 0 saturated carbocycles. The molecule has 0 spiro atoms. The molecule has 19 heavy (non-hydrogen) atoms. The molecule has 0 saturated heterocycles. The summed E-state index contributed by atoms with van der Waals surface area (Å²) in [5.74, 6) is -0.0445. The smallest absolute Gasteiger partial charge is 0.246 e. The fourth-order valence-electron chi connectivity index (χ4n) is 1.61. The van der Waals surface area contributed by atoms with Crippen LogP contribution in [0.15, 0.2) is 47.2 Å². The Morgan fingerprint density at radius 2 is 2.26 bits per heavy atom. The standard InChI is InChI=1S/C14H14BrN3O/c1-18(10-11-8-16-17-9-11)14(19)7-6-12-4-2-3-5-13(12)15/h2-9H,10H2,1H3,(H,16,17). The third-order valence-electron chi connectivity index (χ3n) is 2.66. The third kappa shape index (κ3) is 3.79. The summed E-state index contributed by atoms with van der Waals surface area (Å²) in [6, 6.07) is 7.77. The second-order valence-electron chi connectivity index (χ2n) is 4.16. The van der Waals surface area contributed by atoms with Crippen LogP contribution >= 0.6 is 15.9 Å². The summed E-state index contributed by atoms with van der Waals surface area (Å²) in [5.41, 5.74) is 1.96. The van der Waals surface area contributed by atoms with Crippen LogP contribution in [-0.4, -0.2) is 28.1 Å². The molecule has 1 aromatic carbocycles. The number of hydrogen-bond donors (Lipinski definition) is 1. The number of H-pyrrole nitrogens is 1. The van der Waals surface area contributed by atoms with E-state index in [1.807, 2.05) is 24.3 Å². The maximum Gasteiger partial charge on any atom is 0.246 e. The van der Waals surface area contributed by atoms with Gasteiger partial charge in [0.1, 0.15) is 0 Å². The molecule has 1 N–H and O–H groups in total. The number of carbonyl (C=O) groups excluding carboxylic acids is 1. The van der Waals surface area contributed by atoms with E-state index in [1.165, 1.54) is 0 Å². The highest BCUT2D eigenvalue weighted by Gasteiger charge is 2.06. The molecule has 2 aromatic rings. The highest BCUT2D eigenvalue weighted by molar-refractivity contribution is 9.10. The zero-order valence-electron chi connectivity index (χ0n) is 10.5. The number of halogens is 1. The molecule has 0 aliphatic carbocycles. The Kier molecular flexibility index (Phi) is 4.52. The first-order chi connectivity index (χ1) is 9.16. The molecule has 4 nitrogen and oxygen atoms in total. The molecule has 0 bridgehead atoms. The Bertz CT molecular complexity index is 578. The van der Waals surface area contributed by atoms with E-state index in [9.17, 15) is 4.79 Å². The van der Waals surface area contributed by atoms with E-state index < -0.39 is 0 Å². The number of aromatic amines is 1. The fraction of sp³-hybridized carbons (Fsp3) is 0.143. The van der Waals surface area contributed by atoms with Gasteiger partial charge in [0.15, 0.2) is 0 Å². The van der Waals surface area contributed by atoms with Crippen LogP contribution in [0.4, 0.5) is 0 Å². The molecule has 1 aromatic heterocycles. The number of likely N-dealkylation sites (N-methyl/N-ethyl adjacent to an activating group) is 1. The van der Waals surface area contributed by atoms with Crippen LogP contribution in [-0.2, 0) is 11.3 Å². The van der Waals surface area contributed by atoms with Gasteiger partial charge in [0.05, 0.1) is 6.20 Å². The van der Waals surface area contributed by atoms with E-state index in [0.717, 1.165) is 15.6 Å². The van der Waals surface area contributed by atoms with Gasteiger partial charge in [0.25, 0.3) is 0 Å². The van der Waals surface area contributed by atoms with Gasteiger partial charge in [0, 0.05) is 35.9 Å². The Balaban J connectivity index is 1.99. The normalized spacial score (nSPS) is 10.8. The van der Waals surface area contributed by atoms with Gasteiger partial charge in [-0.15, -0.1) is 0 Å². The van der Waals surface area contributed by atoms with Crippen LogP contribution in [0.5, 0.6) is 0 Å². The number of rotatable bonds is 4. The minimum absolute atomic E-state index is 0.0445. The molecule has 0 radical (unpaired) electrons. The summed E-state index contributed by atoms with van der Waals surface area (Å²) in [4.78, 5) is 13.6. The minimum atomic E-state index is -0.0445. The van der Waals surface area contributed by atoms with Crippen molar-refractivity contribution in [3.8, 4) is 0 Å². The summed E-state index contributed by atoms with van der Waals surface area (Å²) >= 11 is 3.44. The quantitative estimate of drug-likeness (QED) is 0.881. The Morgan fingerprint density at radius 3 is 2.95 bits per heavy atom. The average molecular weight is 320 g/mol. The van der Waals surface area contributed by atoms with E-state index in [0.29, 0.717) is 6.54 Å². The first-order valence-corrected chi connectivity index (χ1v) is 6.61. The zero-order valence-corrected chi connectivity index (χ0v) is 12.1. The predicted molar refractivity (Wildman–Crippen MR) is 78.2 cm³/mol. The summed E-state index contributed by atoms with van der Waals surface area (Å²) < 4.78 is 0.969. The van der Waals surface area contributed by atoms with Crippen molar-refractivity contribution in [3.63, 3.8) is 0 Å². The molecule has 1 amide bonds. The van der Waals surface area contributed by atoms with E-state index in [4.69, 9.17) is 0 Å². The molecule has 0 atom stereocenters.